The van der Waals surface area contributed by atoms with Gasteiger partial charge in [0.05, 0.1) is 6.54 Å². The van der Waals surface area contributed by atoms with E-state index in [1.165, 1.54) is 12.1 Å². The van der Waals surface area contributed by atoms with Crippen LogP contribution in [0.5, 0.6) is 5.75 Å². The van der Waals surface area contributed by atoms with Gasteiger partial charge in [-0.3, -0.25) is 19.0 Å². The molecule has 9 nitrogen and oxygen atoms in total. The van der Waals surface area contributed by atoms with Gasteiger partial charge >= 0.3 is 12.1 Å². The van der Waals surface area contributed by atoms with E-state index in [1.807, 2.05) is 0 Å². The molecule has 0 radical (unpaired) electrons. The van der Waals surface area contributed by atoms with Crippen LogP contribution < -0.4 is 21.3 Å². The Morgan fingerprint density at radius 2 is 1.70 bits per heavy atom. The molecule has 2 aromatic carbocycles. The largest absolute Gasteiger partial charge is 0.573 e. The molecular weight excluding hydrogens is 493 g/mol. The summed E-state index contributed by atoms with van der Waals surface area (Å²) in [4.78, 5) is 53.9. The van der Waals surface area contributed by atoms with E-state index < -0.39 is 41.7 Å². The summed E-state index contributed by atoms with van der Waals surface area (Å²) in [7, 11) is 0. The highest BCUT2D eigenvalue weighted by Gasteiger charge is 2.33. The highest BCUT2D eigenvalue weighted by Crippen LogP contribution is 2.28. The van der Waals surface area contributed by atoms with Gasteiger partial charge in [-0.15, -0.1) is 13.2 Å². The summed E-state index contributed by atoms with van der Waals surface area (Å²) in [5.41, 5.74) is -1.20. The molecule has 0 atom stereocenters. The van der Waals surface area contributed by atoms with Gasteiger partial charge in [0.15, 0.2) is 0 Å². The third-order valence-electron chi connectivity index (χ3n) is 5.82. The number of nitrogens with one attached hydrogen (secondary N) is 2. The first kappa shape index (κ1) is 25.7. The van der Waals surface area contributed by atoms with Crippen LogP contribution in [-0.2, 0) is 13.1 Å². The molecule has 2 heterocycles. The maximum Gasteiger partial charge on any atom is 0.573 e. The molecule has 1 aliphatic rings. The van der Waals surface area contributed by atoms with Gasteiger partial charge in [-0.1, -0.05) is 36.4 Å². The second-order valence-electron chi connectivity index (χ2n) is 8.45. The lowest BCUT2D eigenvalue weighted by Crippen LogP contribution is -2.38. The fourth-order valence-electron chi connectivity index (χ4n) is 3.99. The van der Waals surface area contributed by atoms with Gasteiger partial charge in [0.1, 0.15) is 11.4 Å². The van der Waals surface area contributed by atoms with E-state index in [-0.39, 0.29) is 23.4 Å². The van der Waals surface area contributed by atoms with Crippen molar-refractivity contribution in [1.82, 2.24) is 19.8 Å². The lowest BCUT2D eigenvalue weighted by molar-refractivity contribution is -0.274. The number of aromatic amines is 1. The molecule has 1 aliphatic heterocycles. The van der Waals surface area contributed by atoms with E-state index in [9.17, 15) is 32.3 Å². The zero-order valence-electron chi connectivity index (χ0n) is 19.5. The molecule has 37 heavy (non-hydrogen) atoms. The number of rotatable bonds is 7. The Kier molecular flexibility index (Phi) is 7.46. The molecule has 194 valence electrons. The van der Waals surface area contributed by atoms with Gasteiger partial charge in [0, 0.05) is 36.8 Å². The Labute approximate surface area is 208 Å². The molecular formula is C25H23F3N4O5. The van der Waals surface area contributed by atoms with Crippen LogP contribution >= 0.6 is 0 Å². The van der Waals surface area contributed by atoms with Crippen LogP contribution in [0, 0.1) is 0 Å². The van der Waals surface area contributed by atoms with Crippen LogP contribution in [0.1, 0.15) is 44.8 Å². The van der Waals surface area contributed by atoms with Crippen LogP contribution in [0.15, 0.2) is 64.2 Å². The molecule has 0 unspecified atom stereocenters. The van der Waals surface area contributed by atoms with Gasteiger partial charge in [0.2, 0.25) is 0 Å². The number of likely N-dealkylation sites (tertiary alicyclic amines) is 1. The molecule has 3 aromatic rings. The van der Waals surface area contributed by atoms with Crippen LogP contribution in [0.25, 0.3) is 0 Å². The van der Waals surface area contributed by atoms with Gasteiger partial charge < -0.3 is 19.9 Å². The maximum absolute atomic E-state index is 13.0. The van der Waals surface area contributed by atoms with Crippen molar-refractivity contribution in [1.29, 1.82) is 0 Å². The number of hydrogen-bond donors (Lipinski definition) is 2. The van der Waals surface area contributed by atoms with Gasteiger partial charge in [-0.05, 0) is 30.5 Å². The topological polar surface area (TPSA) is 114 Å². The number of hydrogen-bond acceptors (Lipinski definition) is 5. The standard InChI is InChI=1S/C25H23F3N4O5/c26-25(27,28)37-20-12-17(23(35)31-10-4-5-11-31)8-9-18(20)14-29-22(34)19-13-21(33)32(24(36)30-19)15-16-6-2-1-3-7-16/h1-3,6-9,12-13H,4-5,10-11,14-15H2,(H,29,34)(H,30,36). The van der Waals surface area contributed by atoms with Gasteiger partial charge in [-0.2, -0.15) is 0 Å². The minimum absolute atomic E-state index is 0.00244. The summed E-state index contributed by atoms with van der Waals surface area (Å²) in [6.45, 7) is 0.623. The van der Waals surface area contributed by atoms with E-state index in [2.05, 4.69) is 15.0 Å². The fraction of sp³-hybridized carbons (Fsp3) is 0.280. The molecule has 1 fully saturated rings. The Morgan fingerprint density at radius 1 is 1.00 bits per heavy atom. The van der Waals surface area contributed by atoms with Crippen LogP contribution in [-0.4, -0.2) is 45.7 Å². The number of benzene rings is 2. The summed E-state index contributed by atoms with van der Waals surface area (Å²) >= 11 is 0. The highest BCUT2D eigenvalue weighted by molar-refractivity contribution is 5.95. The number of carbonyl (C=O) groups excluding carboxylic acids is 2. The molecule has 1 saturated heterocycles. The Balaban J connectivity index is 1.51. The van der Waals surface area contributed by atoms with Crippen molar-refractivity contribution < 1.29 is 27.5 Å². The number of aromatic nitrogens is 2. The summed E-state index contributed by atoms with van der Waals surface area (Å²) in [5, 5.41) is 2.37. The second-order valence-corrected chi connectivity index (χ2v) is 8.45. The molecule has 0 saturated carbocycles. The summed E-state index contributed by atoms with van der Waals surface area (Å²) in [5.74, 6) is -1.92. The molecule has 0 bridgehead atoms. The van der Waals surface area contributed by atoms with E-state index in [0.717, 1.165) is 29.5 Å². The normalized spacial score (nSPS) is 13.4. The Bertz CT molecular complexity index is 1380. The molecule has 12 heteroatoms. The number of H-pyrrole nitrogens is 1. The lowest BCUT2D eigenvalue weighted by atomic mass is 10.1. The third-order valence-corrected chi connectivity index (χ3v) is 5.82. The second kappa shape index (κ2) is 10.7. The van der Waals surface area contributed by atoms with Crippen LogP contribution in [0.2, 0.25) is 0 Å². The van der Waals surface area contributed by atoms with E-state index >= 15 is 0 Å². The predicted octanol–water partition coefficient (Wildman–Crippen LogP) is 2.65. The van der Waals surface area contributed by atoms with Crippen LogP contribution in [0.3, 0.4) is 0 Å². The molecule has 0 spiro atoms. The fourth-order valence-corrected chi connectivity index (χ4v) is 3.99. The first-order valence-electron chi connectivity index (χ1n) is 11.4. The minimum atomic E-state index is -5.03. The van der Waals surface area contributed by atoms with Gasteiger partial charge in [0.25, 0.3) is 17.4 Å². The molecule has 4 rings (SSSR count). The molecule has 2 amide bonds. The summed E-state index contributed by atoms with van der Waals surface area (Å²) in [6.07, 6.45) is -3.39. The predicted molar refractivity (Wildman–Crippen MR) is 126 cm³/mol. The van der Waals surface area contributed by atoms with Crippen molar-refractivity contribution in [2.75, 3.05) is 13.1 Å². The number of ether oxygens (including phenoxy) is 1. The first-order chi connectivity index (χ1) is 17.6. The molecule has 0 aliphatic carbocycles. The lowest BCUT2D eigenvalue weighted by Gasteiger charge is -2.18. The quantitative estimate of drug-likeness (QED) is 0.501. The van der Waals surface area contributed by atoms with Crippen molar-refractivity contribution in [3.8, 4) is 5.75 Å². The number of nitrogens with zero attached hydrogens (tertiary/aromatic N) is 2. The first-order valence-corrected chi connectivity index (χ1v) is 11.4. The van der Waals surface area contributed by atoms with Crippen LogP contribution in [0.4, 0.5) is 13.2 Å². The molecule has 2 N–H and O–H groups in total. The van der Waals surface area contributed by atoms with E-state index in [0.29, 0.717) is 18.7 Å². The Hall–Kier alpha value is -4.35. The van der Waals surface area contributed by atoms with Crippen molar-refractivity contribution in [3.05, 3.63) is 97.8 Å². The monoisotopic (exact) mass is 516 g/mol. The van der Waals surface area contributed by atoms with Crippen molar-refractivity contribution >= 4 is 11.8 Å². The minimum Gasteiger partial charge on any atom is -0.405 e. The summed E-state index contributed by atoms with van der Waals surface area (Å²) in [6, 6.07) is 13.3. The van der Waals surface area contributed by atoms with E-state index in [4.69, 9.17) is 0 Å². The third kappa shape index (κ3) is 6.46. The van der Waals surface area contributed by atoms with Crippen molar-refractivity contribution in [2.24, 2.45) is 0 Å². The number of alkyl halides is 3. The maximum atomic E-state index is 13.0. The number of halogens is 3. The van der Waals surface area contributed by atoms with Crippen molar-refractivity contribution in [2.45, 2.75) is 32.3 Å². The van der Waals surface area contributed by atoms with E-state index in [1.54, 1.807) is 35.2 Å². The van der Waals surface area contributed by atoms with Gasteiger partial charge in [-0.25, -0.2) is 4.79 Å². The Morgan fingerprint density at radius 3 is 2.35 bits per heavy atom. The summed E-state index contributed by atoms with van der Waals surface area (Å²) < 4.78 is 44.1. The smallest absolute Gasteiger partial charge is 0.405 e. The average molecular weight is 516 g/mol. The zero-order valence-corrected chi connectivity index (χ0v) is 19.5. The zero-order chi connectivity index (χ0) is 26.6. The average Bonchev–Trinajstić information content (AvgIpc) is 3.39. The SMILES string of the molecule is O=C(NCc1ccc(C(=O)N2CCCC2)cc1OC(F)(F)F)c1cc(=O)n(Cc2ccccc2)c(=O)[nH]1. The molecule has 1 aromatic heterocycles. The number of amides is 2. The van der Waals surface area contributed by atoms with Crippen molar-refractivity contribution in [3.63, 3.8) is 0 Å². The highest BCUT2D eigenvalue weighted by atomic mass is 19.4. The number of carbonyl (C=O) groups is 2.